The number of hydrogen-bond donors (Lipinski definition) is 1. The minimum Gasteiger partial charge on any atom is -0.481 e. The van der Waals surface area contributed by atoms with E-state index in [1.165, 1.54) is 43.5 Å². The molecule has 1 heterocycles. The molecule has 1 fully saturated rings. The Morgan fingerprint density at radius 3 is 2.54 bits per heavy atom. The van der Waals surface area contributed by atoms with Gasteiger partial charge in [0.1, 0.15) is 5.75 Å². The van der Waals surface area contributed by atoms with E-state index in [0.29, 0.717) is 13.0 Å². The number of rotatable bonds is 8. The van der Waals surface area contributed by atoms with Crippen molar-refractivity contribution in [3.05, 3.63) is 65.2 Å². The second kappa shape index (κ2) is 10.3. The number of likely N-dealkylation sites (tertiary alicyclic amines) is 1. The molecule has 4 nitrogen and oxygen atoms in total. The van der Waals surface area contributed by atoms with Gasteiger partial charge in [0, 0.05) is 13.1 Å². The number of carbonyl (C=O) groups is 1. The molecule has 1 amide bonds. The molecule has 0 saturated carbocycles. The third-order valence-corrected chi connectivity index (χ3v) is 5.35. The van der Waals surface area contributed by atoms with Gasteiger partial charge in [-0.3, -0.25) is 9.69 Å². The smallest absolute Gasteiger partial charge is 0.261 e. The minimum absolute atomic E-state index is 0.0585. The van der Waals surface area contributed by atoms with Gasteiger partial charge < -0.3 is 10.1 Å². The number of hydrogen-bond acceptors (Lipinski definition) is 3. The third kappa shape index (κ3) is 5.83. The number of ether oxygens (including phenoxy) is 1. The molecule has 3 rings (SSSR count). The lowest BCUT2D eigenvalue weighted by Gasteiger charge is -2.27. The molecule has 0 radical (unpaired) electrons. The van der Waals surface area contributed by atoms with Crippen molar-refractivity contribution in [3.8, 4) is 5.75 Å². The summed E-state index contributed by atoms with van der Waals surface area (Å²) in [6.07, 6.45) is 4.07. The maximum Gasteiger partial charge on any atom is 0.261 e. The summed E-state index contributed by atoms with van der Waals surface area (Å²) in [4.78, 5) is 15.2. The average molecular weight is 381 g/mol. The van der Waals surface area contributed by atoms with Crippen molar-refractivity contribution < 1.29 is 9.53 Å². The van der Waals surface area contributed by atoms with Crippen molar-refractivity contribution in [2.75, 3.05) is 13.1 Å². The second-order valence-electron chi connectivity index (χ2n) is 7.65. The highest BCUT2D eigenvalue weighted by Gasteiger charge is 2.19. The molecule has 0 aromatic heterocycles. The van der Waals surface area contributed by atoms with E-state index in [0.717, 1.165) is 17.9 Å². The number of piperidine rings is 1. The number of carbonyl (C=O) groups excluding carboxylic acids is 1. The predicted molar refractivity (Wildman–Crippen MR) is 113 cm³/mol. The quantitative estimate of drug-likeness (QED) is 0.735. The van der Waals surface area contributed by atoms with Crippen LogP contribution in [0.3, 0.4) is 0 Å². The fourth-order valence-electron chi connectivity index (χ4n) is 3.71. The first-order chi connectivity index (χ1) is 13.7. The molecule has 2 aromatic carbocycles. The minimum atomic E-state index is -0.476. The van der Waals surface area contributed by atoms with E-state index in [1.807, 2.05) is 44.2 Å². The van der Waals surface area contributed by atoms with Crippen LogP contribution in [0.1, 0.15) is 49.3 Å². The Kier molecular flexibility index (Phi) is 7.49. The van der Waals surface area contributed by atoms with Crippen LogP contribution >= 0.6 is 0 Å². The maximum absolute atomic E-state index is 12.7. The fraction of sp³-hybridized carbons (Fsp3) is 0.458. The Labute approximate surface area is 168 Å². The topological polar surface area (TPSA) is 41.6 Å². The van der Waals surface area contributed by atoms with Gasteiger partial charge in [0.05, 0.1) is 0 Å². The molecule has 0 aliphatic carbocycles. The molecule has 0 bridgehead atoms. The summed E-state index contributed by atoms with van der Waals surface area (Å²) in [5, 5.41) is 3.08. The SMILES string of the molecule is CC[C@@H](Oc1cccc(C)c1)C(=O)NCc1ccccc1CN1CCCCC1. The van der Waals surface area contributed by atoms with Crippen LogP contribution in [0.4, 0.5) is 0 Å². The molecule has 1 saturated heterocycles. The van der Waals surface area contributed by atoms with E-state index in [9.17, 15) is 4.79 Å². The van der Waals surface area contributed by atoms with Gasteiger partial charge in [0.15, 0.2) is 6.10 Å². The molecule has 0 unspecified atom stereocenters. The summed E-state index contributed by atoms with van der Waals surface area (Å²) >= 11 is 0. The van der Waals surface area contributed by atoms with Crippen LogP contribution in [-0.2, 0) is 17.9 Å². The van der Waals surface area contributed by atoms with Crippen LogP contribution in [0.2, 0.25) is 0 Å². The zero-order chi connectivity index (χ0) is 19.8. The zero-order valence-corrected chi connectivity index (χ0v) is 17.1. The highest BCUT2D eigenvalue weighted by atomic mass is 16.5. The van der Waals surface area contributed by atoms with Gasteiger partial charge in [0.2, 0.25) is 0 Å². The van der Waals surface area contributed by atoms with Crippen molar-refractivity contribution in [2.45, 2.75) is 58.7 Å². The Morgan fingerprint density at radius 2 is 1.82 bits per heavy atom. The summed E-state index contributed by atoms with van der Waals surface area (Å²) in [7, 11) is 0. The van der Waals surface area contributed by atoms with Crippen molar-refractivity contribution >= 4 is 5.91 Å². The molecular formula is C24H32N2O2. The van der Waals surface area contributed by atoms with Gasteiger partial charge in [-0.1, -0.05) is 49.7 Å². The Balaban J connectivity index is 1.58. The van der Waals surface area contributed by atoms with E-state index >= 15 is 0 Å². The van der Waals surface area contributed by atoms with Gasteiger partial charge in [-0.2, -0.15) is 0 Å². The maximum atomic E-state index is 12.7. The van der Waals surface area contributed by atoms with Crippen molar-refractivity contribution in [1.29, 1.82) is 0 Å². The van der Waals surface area contributed by atoms with Gasteiger partial charge in [-0.05, 0) is 68.1 Å². The first-order valence-corrected chi connectivity index (χ1v) is 10.5. The summed E-state index contributed by atoms with van der Waals surface area (Å²) in [6, 6.07) is 16.3. The number of nitrogens with zero attached hydrogens (tertiary/aromatic N) is 1. The van der Waals surface area contributed by atoms with E-state index in [4.69, 9.17) is 4.74 Å². The van der Waals surface area contributed by atoms with Crippen molar-refractivity contribution in [1.82, 2.24) is 10.2 Å². The van der Waals surface area contributed by atoms with Crippen molar-refractivity contribution in [3.63, 3.8) is 0 Å². The lowest BCUT2D eigenvalue weighted by atomic mass is 10.0. The third-order valence-electron chi connectivity index (χ3n) is 5.35. The molecule has 2 aromatic rings. The molecule has 1 N–H and O–H groups in total. The van der Waals surface area contributed by atoms with Gasteiger partial charge in [-0.25, -0.2) is 0 Å². The predicted octanol–water partition coefficient (Wildman–Crippen LogP) is 4.45. The van der Waals surface area contributed by atoms with Crippen LogP contribution < -0.4 is 10.1 Å². The molecule has 4 heteroatoms. The van der Waals surface area contributed by atoms with E-state index in [-0.39, 0.29) is 5.91 Å². The summed E-state index contributed by atoms with van der Waals surface area (Å²) in [5.41, 5.74) is 3.61. The first kappa shape index (κ1) is 20.4. The summed E-state index contributed by atoms with van der Waals surface area (Å²) in [6.45, 7) is 7.84. The lowest BCUT2D eigenvalue weighted by molar-refractivity contribution is -0.128. The van der Waals surface area contributed by atoms with Gasteiger partial charge in [0.25, 0.3) is 5.91 Å². The van der Waals surface area contributed by atoms with Gasteiger partial charge in [-0.15, -0.1) is 0 Å². The van der Waals surface area contributed by atoms with Crippen LogP contribution in [0.5, 0.6) is 5.75 Å². The van der Waals surface area contributed by atoms with Gasteiger partial charge >= 0.3 is 0 Å². The highest BCUT2D eigenvalue weighted by molar-refractivity contribution is 5.81. The highest BCUT2D eigenvalue weighted by Crippen LogP contribution is 2.17. The molecule has 1 atom stereocenters. The Bertz CT molecular complexity index is 769. The van der Waals surface area contributed by atoms with E-state index in [1.54, 1.807) is 0 Å². The van der Waals surface area contributed by atoms with Crippen LogP contribution in [-0.4, -0.2) is 30.0 Å². The van der Waals surface area contributed by atoms with E-state index in [2.05, 4.69) is 28.4 Å². The normalized spacial score (nSPS) is 15.8. The number of nitrogens with one attached hydrogen (secondary N) is 1. The van der Waals surface area contributed by atoms with Crippen LogP contribution in [0.25, 0.3) is 0 Å². The number of amides is 1. The number of benzene rings is 2. The largest absolute Gasteiger partial charge is 0.481 e. The first-order valence-electron chi connectivity index (χ1n) is 10.5. The standard InChI is InChI=1S/C24H32N2O2/c1-3-23(28-22-13-9-10-19(2)16-22)24(27)25-17-20-11-5-6-12-21(20)18-26-14-7-4-8-15-26/h5-6,9-13,16,23H,3-4,7-8,14-15,17-18H2,1-2H3,(H,25,27)/t23-/m1/s1. The molecule has 28 heavy (non-hydrogen) atoms. The van der Waals surface area contributed by atoms with E-state index < -0.39 is 6.10 Å². The van der Waals surface area contributed by atoms with Crippen LogP contribution in [0.15, 0.2) is 48.5 Å². The summed E-state index contributed by atoms with van der Waals surface area (Å²) < 4.78 is 5.93. The monoisotopic (exact) mass is 380 g/mol. The Hall–Kier alpha value is -2.33. The molecular weight excluding hydrogens is 348 g/mol. The zero-order valence-electron chi connectivity index (χ0n) is 17.1. The molecule has 1 aliphatic heterocycles. The average Bonchev–Trinajstić information content (AvgIpc) is 2.72. The fourth-order valence-corrected chi connectivity index (χ4v) is 3.71. The second-order valence-corrected chi connectivity index (χ2v) is 7.65. The van der Waals surface area contributed by atoms with Crippen LogP contribution in [0, 0.1) is 6.92 Å². The number of aryl methyl sites for hydroxylation is 1. The lowest BCUT2D eigenvalue weighted by Crippen LogP contribution is -2.38. The Morgan fingerprint density at radius 1 is 1.07 bits per heavy atom. The van der Waals surface area contributed by atoms with Crippen molar-refractivity contribution in [2.24, 2.45) is 0 Å². The molecule has 150 valence electrons. The summed E-state index contributed by atoms with van der Waals surface area (Å²) in [5.74, 6) is 0.685. The molecule has 0 spiro atoms. The molecule has 1 aliphatic rings.